The summed E-state index contributed by atoms with van der Waals surface area (Å²) in [5, 5.41) is 20.0. The van der Waals surface area contributed by atoms with Gasteiger partial charge in [-0.15, -0.1) is 0 Å². The standard InChI is InChI=1S/C12H14N2O2/c1-10(14-15)2-3-11-4-6-12(7-5-11)16-9-8-13/h4-7,15H,2-3,9H2,1H3/b14-10+. The zero-order valence-corrected chi connectivity index (χ0v) is 9.18. The van der Waals surface area contributed by atoms with Crippen LogP contribution in [0.2, 0.25) is 0 Å². The summed E-state index contributed by atoms with van der Waals surface area (Å²) in [5.74, 6) is 0.692. The molecule has 4 heteroatoms. The highest BCUT2D eigenvalue weighted by Crippen LogP contribution is 2.13. The maximum absolute atomic E-state index is 8.49. The molecule has 0 amide bonds. The fraction of sp³-hybridized carbons (Fsp3) is 0.333. The number of oxime groups is 1. The van der Waals surface area contributed by atoms with E-state index in [-0.39, 0.29) is 6.61 Å². The summed E-state index contributed by atoms with van der Waals surface area (Å²) in [7, 11) is 0. The maximum atomic E-state index is 8.49. The van der Waals surface area contributed by atoms with Crippen molar-refractivity contribution >= 4 is 5.71 Å². The van der Waals surface area contributed by atoms with Crippen LogP contribution < -0.4 is 4.74 Å². The minimum atomic E-state index is 0.0651. The van der Waals surface area contributed by atoms with Crippen molar-refractivity contribution in [3.05, 3.63) is 29.8 Å². The quantitative estimate of drug-likeness (QED) is 0.468. The van der Waals surface area contributed by atoms with Crippen LogP contribution in [0.15, 0.2) is 29.4 Å². The summed E-state index contributed by atoms with van der Waals surface area (Å²) >= 11 is 0. The Bertz CT molecular complexity index is 390. The second-order valence-electron chi connectivity index (χ2n) is 3.43. The smallest absolute Gasteiger partial charge is 0.174 e. The van der Waals surface area contributed by atoms with E-state index >= 15 is 0 Å². The van der Waals surface area contributed by atoms with Crippen molar-refractivity contribution in [1.29, 1.82) is 5.26 Å². The van der Waals surface area contributed by atoms with Crippen LogP contribution in [0.5, 0.6) is 5.75 Å². The van der Waals surface area contributed by atoms with Crippen molar-refractivity contribution in [3.8, 4) is 11.8 Å². The molecule has 0 unspecified atom stereocenters. The van der Waals surface area contributed by atoms with E-state index in [1.165, 1.54) is 0 Å². The zero-order valence-electron chi connectivity index (χ0n) is 9.18. The molecule has 0 bridgehead atoms. The molecule has 1 N–H and O–H groups in total. The van der Waals surface area contributed by atoms with Crippen LogP contribution in [-0.4, -0.2) is 17.5 Å². The van der Waals surface area contributed by atoms with Crippen molar-refractivity contribution in [3.63, 3.8) is 0 Å². The second kappa shape index (κ2) is 6.46. The molecule has 0 aromatic heterocycles. The number of hydrogen-bond acceptors (Lipinski definition) is 4. The van der Waals surface area contributed by atoms with Crippen molar-refractivity contribution in [2.45, 2.75) is 19.8 Å². The molecule has 0 spiro atoms. The van der Waals surface area contributed by atoms with Gasteiger partial charge in [0, 0.05) is 0 Å². The topological polar surface area (TPSA) is 65.6 Å². The van der Waals surface area contributed by atoms with E-state index in [2.05, 4.69) is 5.16 Å². The van der Waals surface area contributed by atoms with E-state index in [0.717, 1.165) is 18.4 Å². The fourth-order valence-corrected chi connectivity index (χ4v) is 1.24. The van der Waals surface area contributed by atoms with E-state index in [1.54, 1.807) is 6.92 Å². The third-order valence-corrected chi connectivity index (χ3v) is 2.17. The number of rotatable bonds is 5. The summed E-state index contributed by atoms with van der Waals surface area (Å²) in [6.07, 6.45) is 1.56. The zero-order chi connectivity index (χ0) is 11.8. The van der Waals surface area contributed by atoms with Gasteiger partial charge >= 0.3 is 0 Å². The molecule has 84 valence electrons. The molecule has 0 aliphatic rings. The lowest BCUT2D eigenvalue weighted by Gasteiger charge is -2.03. The maximum Gasteiger partial charge on any atom is 0.174 e. The summed E-state index contributed by atoms with van der Waals surface area (Å²) in [6.45, 7) is 1.85. The van der Waals surface area contributed by atoms with Crippen LogP contribution in [0.25, 0.3) is 0 Å². The third-order valence-electron chi connectivity index (χ3n) is 2.17. The van der Waals surface area contributed by atoms with Gasteiger partial charge in [-0.05, 0) is 37.5 Å². The first-order valence-corrected chi connectivity index (χ1v) is 5.02. The SMILES string of the molecule is C/C(CCc1ccc(OCC#N)cc1)=N\O. The molecule has 0 saturated carbocycles. The lowest BCUT2D eigenvalue weighted by Crippen LogP contribution is -1.96. The Morgan fingerprint density at radius 2 is 2.12 bits per heavy atom. The van der Waals surface area contributed by atoms with Gasteiger partial charge in [0.05, 0.1) is 5.71 Å². The molecule has 0 heterocycles. The van der Waals surface area contributed by atoms with Crippen molar-refractivity contribution in [2.24, 2.45) is 5.16 Å². The highest BCUT2D eigenvalue weighted by atomic mass is 16.5. The minimum Gasteiger partial charge on any atom is -0.479 e. The Kier molecular flexibility index (Phi) is 4.87. The number of ether oxygens (including phenoxy) is 1. The molecule has 0 saturated heterocycles. The van der Waals surface area contributed by atoms with Crippen LogP contribution in [0.1, 0.15) is 18.9 Å². The van der Waals surface area contributed by atoms with Crippen LogP contribution in [0, 0.1) is 11.3 Å². The predicted octanol–water partition coefficient (Wildman–Crippen LogP) is 2.37. The van der Waals surface area contributed by atoms with Gasteiger partial charge in [0.1, 0.15) is 11.8 Å². The summed E-state index contributed by atoms with van der Waals surface area (Å²) in [5.41, 5.74) is 1.86. The highest BCUT2D eigenvalue weighted by molar-refractivity contribution is 5.81. The Labute approximate surface area is 94.8 Å². The van der Waals surface area contributed by atoms with E-state index in [0.29, 0.717) is 11.5 Å². The number of hydrogen-bond donors (Lipinski definition) is 1. The van der Waals surface area contributed by atoms with Crippen LogP contribution in [0.3, 0.4) is 0 Å². The van der Waals surface area contributed by atoms with Gasteiger partial charge in [-0.25, -0.2) is 0 Å². The van der Waals surface area contributed by atoms with Crippen LogP contribution >= 0.6 is 0 Å². The molecule has 0 aliphatic carbocycles. The number of nitriles is 1. The number of aryl methyl sites for hydroxylation is 1. The third kappa shape index (κ3) is 4.01. The summed E-state index contributed by atoms with van der Waals surface area (Å²) in [4.78, 5) is 0. The lowest BCUT2D eigenvalue weighted by molar-refractivity contribution is 0.317. The van der Waals surface area contributed by atoms with Gasteiger partial charge < -0.3 is 9.94 Å². The molecule has 0 atom stereocenters. The normalized spacial score (nSPS) is 10.9. The lowest BCUT2D eigenvalue weighted by atomic mass is 10.1. The average Bonchev–Trinajstić information content (AvgIpc) is 2.34. The van der Waals surface area contributed by atoms with Gasteiger partial charge in [0.2, 0.25) is 0 Å². The number of nitrogens with zero attached hydrogens (tertiary/aromatic N) is 2. The van der Waals surface area contributed by atoms with E-state index < -0.39 is 0 Å². The van der Waals surface area contributed by atoms with E-state index in [9.17, 15) is 0 Å². The van der Waals surface area contributed by atoms with Crippen molar-refractivity contribution < 1.29 is 9.94 Å². The molecule has 0 fully saturated rings. The largest absolute Gasteiger partial charge is 0.479 e. The Morgan fingerprint density at radius 1 is 1.44 bits per heavy atom. The summed E-state index contributed by atoms with van der Waals surface area (Å²) in [6, 6.07) is 9.46. The van der Waals surface area contributed by atoms with Crippen LogP contribution in [-0.2, 0) is 6.42 Å². The Morgan fingerprint density at radius 3 is 2.69 bits per heavy atom. The molecule has 0 aliphatic heterocycles. The first-order chi connectivity index (χ1) is 7.76. The first-order valence-electron chi connectivity index (χ1n) is 5.02. The Balaban J connectivity index is 2.48. The number of benzene rings is 1. The van der Waals surface area contributed by atoms with Gasteiger partial charge in [0.25, 0.3) is 0 Å². The van der Waals surface area contributed by atoms with E-state index in [4.69, 9.17) is 15.2 Å². The molecule has 4 nitrogen and oxygen atoms in total. The van der Waals surface area contributed by atoms with Crippen molar-refractivity contribution in [1.82, 2.24) is 0 Å². The van der Waals surface area contributed by atoms with E-state index in [1.807, 2.05) is 30.3 Å². The van der Waals surface area contributed by atoms with Gasteiger partial charge in [-0.3, -0.25) is 0 Å². The molecular formula is C12H14N2O2. The highest BCUT2D eigenvalue weighted by Gasteiger charge is 1.97. The molecule has 1 aromatic carbocycles. The molecule has 16 heavy (non-hydrogen) atoms. The van der Waals surface area contributed by atoms with Crippen LogP contribution in [0.4, 0.5) is 0 Å². The Hall–Kier alpha value is -2.02. The second-order valence-corrected chi connectivity index (χ2v) is 3.43. The molecule has 0 radical (unpaired) electrons. The average molecular weight is 218 g/mol. The predicted molar refractivity (Wildman–Crippen MR) is 60.8 cm³/mol. The van der Waals surface area contributed by atoms with Gasteiger partial charge in [0.15, 0.2) is 6.61 Å². The first kappa shape index (κ1) is 12.1. The molecule has 1 aromatic rings. The molecule has 1 rings (SSSR count). The summed E-state index contributed by atoms with van der Waals surface area (Å²) < 4.78 is 5.13. The molecular weight excluding hydrogens is 204 g/mol. The monoisotopic (exact) mass is 218 g/mol. The minimum absolute atomic E-state index is 0.0651. The van der Waals surface area contributed by atoms with Gasteiger partial charge in [-0.1, -0.05) is 17.3 Å². The van der Waals surface area contributed by atoms with Gasteiger partial charge in [-0.2, -0.15) is 5.26 Å². The fourth-order valence-electron chi connectivity index (χ4n) is 1.24. The van der Waals surface area contributed by atoms with Crippen molar-refractivity contribution in [2.75, 3.05) is 6.61 Å².